The molecular weight excluding hydrogens is 350 g/mol. The Bertz CT molecular complexity index is 885. The van der Waals surface area contributed by atoms with Crippen LogP contribution in [0.15, 0.2) is 55.0 Å². The van der Waals surface area contributed by atoms with Gasteiger partial charge in [0.05, 0.1) is 18.4 Å². The summed E-state index contributed by atoms with van der Waals surface area (Å²) in [5.41, 5.74) is 4.24. The molecule has 4 rings (SSSR count). The van der Waals surface area contributed by atoms with Crippen LogP contribution in [0.4, 0.5) is 5.69 Å². The van der Waals surface area contributed by atoms with Crippen LogP contribution in [0.2, 0.25) is 0 Å². The number of anilines is 1. The largest absolute Gasteiger partial charge is 0.381 e. The lowest BCUT2D eigenvalue weighted by atomic mass is 9.92. The summed E-state index contributed by atoms with van der Waals surface area (Å²) in [6.07, 6.45) is 8.46. The fourth-order valence-electron chi connectivity index (χ4n) is 3.97. The predicted molar refractivity (Wildman–Crippen MR) is 110 cm³/mol. The summed E-state index contributed by atoms with van der Waals surface area (Å²) in [5, 5.41) is 12.2. The number of hydrogen-bond donors (Lipinski definition) is 1. The van der Waals surface area contributed by atoms with E-state index in [4.69, 9.17) is 4.74 Å². The van der Waals surface area contributed by atoms with Gasteiger partial charge in [-0.1, -0.05) is 17.3 Å². The fraction of sp³-hybridized carbons (Fsp3) is 0.409. The molecule has 0 saturated carbocycles. The first-order chi connectivity index (χ1) is 13.7. The van der Waals surface area contributed by atoms with Gasteiger partial charge in [-0.25, -0.2) is 0 Å². The number of ether oxygens (including phenoxy) is 1. The second-order valence-corrected chi connectivity index (χ2v) is 7.71. The van der Waals surface area contributed by atoms with E-state index in [1.165, 1.54) is 5.56 Å². The highest BCUT2D eigenvalue weighted by Crippen LogP contribution is 2.27. The van der Waals surface area contributed by atoms with Gasteiger partial charge in [0, 0.05) is 36.7 Å². The number of benzene rings is 1. The van der Waals surface area contributed by atoms with E-state index in [0.29, 0.717) is 18.1 Å². The van der Waals surface area contributed by atoms with Crippen molar-refractivity contribution >= 4 is 5.69 Å². The van der Waals surface area contributed by atoms with Crippen molar-refractivity contribution in [3.8, 4) is 11.3 Å². The molecule has 0 spiro atoms. The summed E-state index contributed by atoms with van der Waals surface area (Å²) in [5.74, 6) is 0.585. The van der Waals surface area contributed by atoms with E-state index >= 15 is 0 Å². The van der Waals surface area contributed by atoms with Crippen molar-refractivity contribution in [1.82, 2.24) is 20.0 Å². The van der Waals surface area contributed by atoms with Gasteiger partial charge in [-0.05, 0) is 62.4 Å². The minimum absolute atomic E-state index is 0.319. The first-order valence-corrected chi connectivity index (χ1v) is 9.94. The second kappa shape index (κ2) is 8.52. The number of rotatable bonds is 6. The number of pyridine rings is 1. The van der Waals surface area contributed by atoms with Crippen LogP contribution < -0.4 is 5.32 Å². The molecule has 3 atom stereocenters. The van der Waals surface area contributed by atoms with Gasteiger partial charge in [0.25, 0.3) is 0 Å². The minimum atomic E-state index is 0.319. The molecule has 6 heteroatoms. The monoisotopic (exact) mass is 377 g/mol. The van der Waals surface area contributed by atoms with E-state index < -0.39 is 0 Å². The van der Waals surface area contributed by atoms with E-state index in [9.17, 15) is 0 Å². The van der Waals surface area contributed by atoms with Crippen molar-refractivity contribution in [3.05, 3.63) is 60.6 Å². The molecule has 146 valence electrons. The van der Waals surface area contributed by atoms with Crippen molar-refractivity contribution in [2.24, 2.45) is 5.92 Å². The van der Waals surface area contributed by atoms with Crippen LogP contribution in [-0.4, -0.2) is 32.2 Å². The van der Waals surface area contributed by atoms with Gasteiger partial charge in [0.15, 0.2) is 0 Å². The zero-order chi connectivity index (χ0) is 19.3. The van der Waals surface area contributed by atoms with E-state index in [1.807, 2.05) is 41.5 Å². The molecule has 1 N–H and O–H groups in total. The molecule has 1 saturated heterocycles. The van der Waals surface area contributed by atoms with Crippen LogP contribution in [-0.2, 0) is 17.8 Å². The van der Waals surface area contributed by atoms with Gasteiger partial charge in [-0.3, -0.25) is 9.67 Å². The molecule has 3 aromatic rings. The molecule has 1 aliphatic heterocycles. The Balaban J connectivity index is 1.40. The lowest BCUT2D eigenvalue weighted by Crippen LogP contribution is -2.31. The van der Waals surface area contributed by atoms with Gasteiger partial charge in [0.2, 0.25) is 0 Å². The third kappa shape index (κ3) is 4.75. The summed E-state index contributed by atoms with van der Waals surface area (Å²) in [4.78, 5) is 4.05. The molecule has 0 bridgehead atoms. The molecule has 1 unspecified atom stereocenters. The average Bonchev–Trinajstić information content (AvgIpc) is 3.15. The van der Waals surface area contributed by atoms with Crippen LogP contribution in [0.25, 0.3) is 11.3 Å². The topological polar surface area (TPSA) is 64.9 Å². The predicted octanol–water partition coefficient (Wildman–Crippen LogP) is 4.16. The Morgan fingerprint density at radius 2 is 1.89 bits per heavy atom. The SMILES string of the molecule is C[C@@H]1CC(Cn2cc(-c3cccc(NCc4ccncc4)c3)nn2)C[C@H](C)O1. The van der Waals surface area contributed by atoms with E-state index in [0.717, 1.165) is 42.9 Å². The average molecular weight is 377 g/mol. The Morgan fingerprint density at radius 1 is 1.11 bits per heavy atom. The van der Waals surface area contributed by atoms with E-state index in [2.05, 4.69) is 52.7 Å². The van der Waals surface area contributed by atoms with Crippen molar-refractivity contribution in [2.45, 2.75) is 52.0 Å². The van der Waals surface area contributed by atoms with Crippen LogP contribution in [0.5, 0.6) is 0 Å². The molecule has 6 nitrogen and oxygen atoms in total. The fourth-order valence-corrected chi connectivity index (χ4v) is 3.97. The Hall–Kier alpha value is -2.73. The third-order valence-corrected chi connectivity index (χ3v) is 5.18. The number of nitrogens with one attached hydrogen (secondary N) is 1. The first-order valence-electron chi connectivity index (χ1n) is 9.94. The van der Waals surface area contributed by atoms with Crippen LogP contribution in [0.1, 0.15) is 32.3 Å². The highest BCUT2D eigenvalue weighted by Gasteiger charge is 2.25. The molecule has 2 aromatic heterocycles. The lowest BCUT2D eigenvalue weighted by molar-refractivity contribution is -0.0554. The maximum absolute atomic E-state index is 5.84. The van der Waals surface area contributed by atoms with Gasteiger partial charge >= 0.3 is 0 Å². The summed E-state index contributed by atoms with van der Waals surface area (Å²) < 4.78 is 7.82. The Morgan fingerprint density at radius 3 is 2.68 bits per heavy atom. The maximum atomic E-state index is 5.84. The van der Waals surface area contributed by atoms with Crippen molar-refractivity contribution in [2.75, 3.05) is 5.32 Å². The van der Waals surface area contributed by atoms with E-state index in [1.54, 1.807) is 0 Å². The van der Waals surface area contributed by atoms with Crippen molar-refractivity contribution in [1.29, 1.82) is 0 Å². The van der Waals surface area contributed by atoms with Crippen LogP contribution >= 0.6 is 0 Å². The standard InChI is InChI=1S/C22H27N5O/c1-16-10-19(11-17(2)28-16)14-27-15-22(25-26-27)20-4-3-5-21(12-20)24-13-18-6-8-23-9-7-18/h3-9,12,15-17,19,24H,10-11,13-14H2,1-2H3/t16-,17+,19?. The minimum Gasteiger partial charge on any atom is -0.381 e. The molecule has 0 aliphatic carbocycles. The van der Waals surface area contributed by atoms with Crippen LogP contribution in [0.3, 0.4) is 0 Å². The van der Waals surface area contributed by atoms with Crippen molar-refractivity contribution in [3.63, 3.8) is 0 Å². The molecule has 3 heterocycles. The molecule has 1 fully saturated rings. The highest BCUT2D eigenvalue weighted by molar-refractivity contribution is 5.64. The highest BCUT2D eigenvalue weighted by atomic mass is 16.5. The maximum Gasteiger partial charge on any atom is 0.113 e. The second-order valence-electron chi connectivity index (χ2n) is 7.71. The molecular formula is C22H27N5O. The molecule has 1 aliphatic rings. The summed E-state index contributed by atoms with van der Waals surface area (Å²) in [6.45, 7) is 5.96. The van der Waals surface area contributed by atoms with Gasteiger partial charge < -0.3 is 10.1 Å². The molecule has 1 aromatic carbocycles. The Kier molecular flexibility index (Phi) is 5.67. The van der Waals surface area contributed by atoms with Crippen LogP contribution in [0, 0.1) is 5.92 Å². The summed E-state index contributed by atoms with van der Waals surface area (Å²) >= 11 is 0. The Labute approximate surface area is 166 Å². The van der Waals surface area contributed by atoms with Gasteiger partial charge in [-0.15, -0.1) is 5.10 Å². The summed E-state index contributed by atoms with van der Waals surface area (Å²) in [6, 6.07) is 12.3. The lowest BCUT2D eigenvalue weighted by Gasteiger charge is -2.31. The number of hydrogen-bond acceptors (Lipinski definition) is 5. The first kappa shape index (κ1) is 18.6. The normalized spacial score (nSPS) is 22.1. The van der Waals surface area contributed by atoms with Gasteiger partial charge in [-0.2, -0.15) is 0 Å². The number of aromatic nitrogens is 4. The quantitative estimate of drug-likeness (QED) is 0.699. The zero-order valence-corrected chi connectivity index (χ0v) is 16.5. The van der Waals surface area contributed by atoms with Crippen molar-refractivity contribution < 1.29 is 4.74 Å². The molecule has 0 radical (unpaired) electrons. The smallest absolute Gasteiger partial charge is 0.113 e. The summed E-state index contributed by atoms with van der Waals surface area (Å²) in [7, 11) is 0. The molecule has 0 amide bonds. The third-order valence-electron chi connectivity index (χ3n) is 5.18. The molecule has 28 heavy (non-hydrogen) atoms. The van der Waals surface area contributed by atoms with E-state index in [-0.39, 0.29) is 0 Å². The zero-order valence-electron chi connectivity index (χ0n) is 16.5. The number of nitrogens with zero attached hydrogens (tertiary/aromatic N) is 4. The van der Waals surface area contributed by atoms with Gasteiger partial charge in [0.1, 0.15) is 5.69 Å².